The molecule has 1 spiro atoms. The van der Waals surface area contributed by atoms with Crippen LogP contribution in [0.5, 0.6) is 0 Å². The molecule has 0 aliphatic carbocycles. The van der Waals surface area contributed by atoms with Gasteiger partial charge in [0, 0.05) is 24.2 Å². The molecule has 4 heterocycles. The van der Waals surface area contributed by atoms with Crippen LogP contribution in [0, 0.1) is 20.8 Å². The molecule has 2 saturated heterocycles. The standard InChI is InChI=1S/C17H21N3O3S2/c1-10-15(11(2)23-19-10)16(21)20-8-17(9-20)4-14(7-25-17)22-5-13-6-24-12(3)18-13/h6,14H,4-5,7-9H2,1-3H3/t14-/m1/s1. The van der Waals surface area contributed by atoms with Crippen LogP contribution in [0.1, 0.15) is 38.9 Å². The van der Waals surface area contributed by atoms with Crippen molar-refractivity contribution in [3.63, 3.8) is 0 Å². The van der Waals surface area contributed by atoms with E-state index in [9.17, 15) is 4.79 Å². The fraction of sp³-hybridized carbons (Fsp3) is 0.588. The van der Waals surface area contributed by atoms with Crippen molar-refractivity contribution in [2.45, 2.75) is 44.6 Å². The molecule has 0 N–H and O–H groups in total. The average Bonchev–Trinajstić information content (AvgIpc) is 3.23. The summed E-state index contributed by atoms with van der Waals surface area (Å²) in [6, 6.07) is 0. The summed E-state index contributed by atoms with van der Waals surface area (Å²) in [5.74, 6) is 1.61. The molecule has 25 heavy (non-hydrogen) atoms. The van der Waals surface area contributed by atoms with Gasteiger partial charge in [0.15, 0.2) is 0 Å². The van der Waals surface area contributed by atoms with Crippen LogP contribution in [0.25, 0.3) is 0 Å². The number of nitrogens with zero attached hydrogens (tertiary/aromatic N) is 3. The quantitative estimate of drug-likeness (QED) is 0.813. The van der Waals surface area contributed by atoms with E-state index in [4.69, 9.17) is 9.26 Å². The molecule has 0 saturated carbocycles. The molecule has 2 fully saturated rings. The minimum absolute atomic E-state index is 0.0322. The molecular formula is C17H21N3O3S2. The highest BCUT2D eigenvalue weighted by Crippen LogP contribution is 2.46. The summed E-state index contributed by atoms with van der Waals surface area (Å²) in [6.45, 7) is 7.73. The smallest absolute Gasteiger partial charge is 0.259 e. The Bertz CT molecular complexity index is 775. The van der Waals surface area contributed by atoms with Gasteiger partial charge in [0.05, 0.1) is 33.9 Å². The Balaban J connectivity index is 1.30. The number of carbonyl (C=O) groups excluding carboxylic acids is 1. The number of amides is 1. The maximum atomic E-state index is 12.6. The van der Waals surface area contributed by atoms with Gasteiger partial charge in [0.25, 0.3) is 5.91 Å². The molecule has 0 radical (unpaired) electrons. The number of rotatable bonds is 4. The largest absolute Gasteiger partial charge is 0.371 e. The number of ether oxygens (including phenoxy) is 1. The summed E-state index contributed by atoms with van der Waals surface area (Å²) in [4.78, 5) is 19.0. The van der Waals surface area contributed by atoms with Gasteiger partial charge in [-0.15, -0.1) is 23.1 Å². The Labute approximate surface area is 154 Å². The van der Waals surface area contributed by atoms with Crippen LogP contribution in [0.2, 0.25) is 0 Å². The molecule has 0 aromatic carbocycles. The van der Waals surface area contributed by atoms with Crippen molar-refractivity contribution >= 4 is 29.0 Å². The predicted molar refractivity (Wildman–Crippen MR) is 97.1 cm³/mol. The number of aromatic nitrogens is 2. The maximum absolute atomic E-state index is 12.6. The molecule has 8 heteroatoms. The topological polar surface area (TPSA) is 68.5 Å². The van der Waals surface area contributed by atoms with Crippen LogP contribution in [0.15, 0.2) is 9.90 Å². The number of thiazole rings is 1. The van der Waals surface area contributed by atoms with E-state index in [1.54, 1.807) is 18.3 Å². The van der Waals surface area contributed by atoms with Crippen LogP contribution in [-0.4, -0.2) is 50.6 Å². The zero-order valence-electron chi connectivity index (χ0n) is 14.6. The van der Waals surface area contributed by atoms with Gasteiger partial charge in [-0.05, 0) is 27.2 Å². The van der Waals surface area contributed by atoms with E-state index in [2.05, 4.69) is 15.5 Å². The number of aryl methyl sites for hydroxylation is 3. The summed E-state index contributed by atoms with van der Waals surface area (Å²) < 4.78 is 11.3. The van der Waals surface area contributed by atoms with Crippen molar-refractivity contribution in [1.82, 2.24) is 15.0 Å². The highest BCUT2D eigenvalue weighted by atomic mass is 32.2. The van der Waals surface area contributed by atoms with E-state index in [0.717, 1.165) is 36.0 Å². The van der Waals surface area contributed by atoms with E-state index in [-0.39, 0.29) is 16.8 Å². The van der Waals surface area contributed by atoms with Crippen molar-refractivity contribution in [1.29, 1.82) is 0 Å². The van der Waals surface area contributed by atoms with E-state index < -0.39 is 0 Å². The molecule has 0 unspecified atom stereocenters. The second-order valence-corrected chi connectivity index (χ2v) is 9.40. The highest BCUT2D eigenvalue weighted by molar-refractivity contribution is 8.01. The van der Waals surface area contributed by atoms with E-state index in [1.807, 2.05) is 30.5 Å². The van der Waals surface area contributed by atoms with Crippen LogP contribution in [0.3, 0.4) is 0 Å². The second kappa shape index (κ2) is 6.41. The van der Waals surface area contributed by atoms with Gasteiger partial charge in [0.2, 0.25) is 0 Å². The first kappa shape index (κ1) is 17.1. The zero-order valence-corrected chi connectivity index (χ0v) is 16.2. The summed E-state index contributed by atoms with van der Waals surface area (Å²) in [6.07, 6.45) is 1.23. The molecular weight excluding hydrogens is 358 g/mol. The lowest BCUT2D eigenvalue weighted by atomic mass is 9.92. The van der Waals surface area contributed by atoms with Gasteiger partial charge in [-0.3, -0.25) is 4.79 Å². The van der Waals surface area contributed by atoms with Crippen LogP contribution >= 0.6 is 23.1 Å². The monoisotopic (exact) mass is 379 g/mol. The highest BCUT2D eigenvalue weighted by Gasteiger charge is 2.51. The number of hydrogen-bond donors (Lipinski definition) is 0. The molecule has 6 nitrogen and oxygen atoms in total. The second-order valence-electron chi connectivity index (χ2n) is 6.85. The number of hydrogen-bond acceptors (Lipinski definition) is 7. The first-order chi connectivity index (χ1) is 12.0. The molecule has 1 amide bonds. The summed E-state index contributed by atoms with van der Waals surface area (Å²) in [5, 5.41) is 7.01. The Morgan fingerprint density at radius 2 is 2.24 bits per heavy atom. The van der Waals surface area contributed by atoms with Gasteiger partial charge < -0.3 is 14.2 Å². The average molecular weight is 380 g/mol. The normalized spacial score (nSPS) is 21.7. The van der Waals surface area contributed by atoms with Crippen molar-refractivity contribution in [3.05, 3.63) is 33.1 Å². The van der Waals surface area contributed by atoms with Gasteiger partial charge in [0.1, 0.15) is 11.3 Å². The first-order valence-corrected chi connectivity index (χ1v) is 10.2. The van der Waals surface area contributed by atoms with Crippen molar-refractivity contribution in [2.75, 3.05) is 18.8 Å². The van der Waals surface area contributed by atoms with Gasteiger partial charge >= 0.3 is 0 Å². The van der Waals surface area contributed by atoms with Gasteiger partial charge in [-0.25, -0.2) is 4.98 Å². The Kier molecular flexibility index (Phi) is 4.37. The molecule has 0 bridgehead atoms. The third-order valence-electron chi connectivity index (χ3n) is 4.80. The molecule has 134 valence electrons. The molecule has 1 atom stereocenters. The van der Waals surface area contributed by atoms with Crippen molar-refractivity contribution in [3.8, 4) is 0 Å². The SMILES string of the molecule is Cc1nc(CO[C@H]2CSC3(C2)CN(C(=O)c2c(C)noc2C)C3)cs1. The van der Waals surface area contributed by atoms with Crippen molar-refractivity contribution in [2.24, 2.45) is 0 Å². The molecule has 2 aromatic heterocycles. The lowest BCUT2D eigenvalue weighted by Gasteiger charge is -2.47. The Morgan fingerprint density at radius 3 is 2.88 bits per heavy atom. The third kappa shape index (κ3) is 3.22. The van der Waals surface area contributed by atoms with E-state index in [0.29, 0.717) is 23.6 Å². The molecule has 4 rings (SSSR count). The van der Waals surface area contributed by atoms with E-state index in [1.165, 1.54) is 0 Å². The maximum Gasteiger partial charge on any atom is 0.259 e. The summed E-state index contributed by atoms with van der Waals surface area (Å²) in [5.41, 5.74) is 2.30. The Hall–Kier alpha value is -1.38. The first-order valence-electron chi connectivity index (χ1n) is 8.34. The third-order valence-corrected chi connectivity index (χ3v) is 7.20. The lowest BCUT2D eigenvalue weighted by Crippen LogP contribution is -2.60. The summed E-state index contributed by atoms with van der Waals surface area (Å²) >= 11 is 3.58. The van der Waals surface area contributed by atoms with Crippen LogP contribution in [-0.2, 0) is 11.3 Å². The molecule has 2 aromatic rings. The molecule has 2 aliphatic rings. The fourth-order valence-electron chi connectivity index (χ4n) is 3.55. The van der Waals surface area contributed by atoms with Gasteiger partial charge in [-0.2, -0.15) is 0 Å². The lowest BCUT2D eigenvalue weighted by molar-refractivity contribution is 0.0245. The fourth-order valence-corrected chi connectivity index (χ4v) is 5.70. The van der Waals surface area contributed by atoms with Crippen LogP contribution in [0.4, 0.5) is 0 Å². The number of thioether (sulfide) groups is 1. The zero-order chi connectivity index (χ0) is 17.6. The van der Waals surface area contributed by atoms with Crippen molar-refractivity contribution < 1.29 is 14.1 Å². The van der Waals surface area contributed by atoms with E-state index >= 15 is 0 Å². The minimum atomic E-state index is 0.0322. The van der Waals surface area contributed by atoms with Crippen LogP contribution < -0.4 is 0 Å². The number of likely N-dealkylation sites (tertiary alicyclic amines) is 1. The summed E-state index contributed by atoms with van der Waals surface area (Å²) in [7, 11) is 0. The molecule has 2 aliphatic heterocycles. The number of carbonyl (C=O) groups is 1. The predicted octanol–water partition coefficient (Wildman–Crippen LogP) is 2.97. The minimum Gasteiger partial charge on any atom is -0.371 e. The Morgan fingerprint density at radius 1 is 1.44 bits per heavy atom. The van der Waals surface area contributed by atoms with Gasteiger partial charge in [-0.1, -0.05) is 5.16 Å².